The lowest BCUT2D eigenvalue weighted by Gasteiger charge is -2.22. The zero-order valence-electron chi connectivity index (χ0n) is 46.3. The normalized spacial score (nSPS) is 14.2. The molecular weight excluding hydrogens is 803 g/mol. The number of aromatic nitrogens is 3. The third-order valence-electron chi connectivity index (χ3n) is 12.6. The molecule has 0 atom stereocenters. The minimum absolute atomic E-state index is 0.00677. The van der Waals surface area contributed by atoms with E-state index in [2.05, 4.69) is 67.6 Å². The highest BCUT2D eigenvalue weighted by Crippen LogP contribution is 2.45. The first kappa shape index (κ1) is 36.2. The molecule has 0 aliphatic heterocycles. The van der Waals surface area contributed by atoms with Crippen LogP contribution in [0.2, 0.25) is 0 Å². The summed E-state index contributed by atoms with van der Waals surface area (Å²) in [4.78, 5) is 10.3. The van der Waals surface area contributed by atoms with E-state index in [1.165, 1.54) is 5.56 Å². The minimum Gasteiger partial charge on any atom is -0.507 e. The maximum atomic E-state index is 12.4. The highest BCUT2D eigenvalue weighted by molar-refractivity contribution is 5.98. The van der Waals surface area contributed by atoms with Gasteiger partial charge in [-0.1, -0.05) is 158 Å². The number of rotatable bonds is 11. The Bertz CT molecular complexity index is 3520. The summed E-state index contributed by atoms with van der Waals surface area (Å²) in [6.45, 7) is 13.4. The molecule has 0 aliphatic carbocycles. The Kier molecular flexibility index (Phi) is 9.92. The zero-order valence-corrected chi connectivity index (χ0v) is 39.3. The number of para-hydroxylation sites is 1. The quantitative estimate of drug-likeness (QED) is 0.141. The third kappa shape index (κ3) is 8.37. The van der Waals surface area contributed by atoms with Crippen LogP contribution in [0.5, 0.6) is 5.75 Å². The molecular formula is C62H61N3O. The number of hydrogen-bond acceptors (Lipinski definition) is 3. The van der Waals surface area contributed by atoms with Crippen molar-refractivity contribution < 1.29 is 14.7 Å². The maximum absolute atomic E-state index is 12.4. The van der Waals surface area contributed by atoms with E-state index >= 15 is 0 Å². The van der Waals surface area contributed by atoms with Gasteiger partial charge >= 0.3 is 0 Å². The van der Waals surface area contributed by atoms with Crippen molar-refractivity contribution in [1.29, 1.82) is 0 Å². The molecule has 0 spiro atoms. The molecule has 0 amide bonds. The van der Waals surface area contributed by atoms with Crippen molar-refractivity contribution >= 4 is 11.0 Å². The van der Waals surface area contributed by atoms with Crippen LogP contribution in [0.3, 0.4) is 0 Å². The van der Waals surface area contributed by atoms with Crippen LogP contribution in [-0.2, 0) is 0 Å². The molecule has 4 nitrogen and oxygen atoms in total. The summed E-state index contributed by atoms with van der Waals surface area (Å²) in [6.07, 6.45) is 1.83. The van der Waals surface area contributed by atoms with E-state index in [0.717, 1.165) is 44.6 Å². The van der Waals surface area contributed by atoms with E-state index in [4.69, 9.17) is 9.97 Å². The minimum atomic E-state index is -2.70. The van der Waals surface area contributed by atoms with E-state index in [-0.39, 0.29) is 28.4 Å². The summed E-state index contributed by atoms with van der Waals surface area (Å²) in [5.74, 6) is -4.60. The van der Waals surface area contributed by atoms with Crippen molar-refractivity contribution in [3.8, 4) is 78.6 Å². The van der Waals surface area contributed by atoms with Crippen molar-refractivity contribution in [2.75, 3.05) is 0 Å². The van der Waals surface area contributed by atoms with Crippen LogP contribution in [0.15, 0.2) is 158 Å². The van der Waals surface area contributed by atoms with E-state index in [1.807, 2.05) is 72.9 Å². The van der Waals surface area contributed by atoms with Gasteiger partial charge in [-0.05, 0) is 159 Å². The van der Waals surface area contributed by atoms with Gasteiger partial charge < -0.3 is 5.11 Å². The van der Waals surface area contributed by atoms with Crippen LogP contribution in [0.4, 0.5) is 0 Å². The first-order valence-electron chi connectivity index (χ1n) is 26.1. The van der Waals surface area contributed by atoms with Crippen LogP contribution < -0.4 is 0 Å². The monoisotopic (exact) mass is 871 g/mol. The van der Waals surface area contributed by atoms with Crippen molar-refractivity contribution in [2.24, 2.45) is 0 Å². The number of fused-ring (bicyclic) bond motifs is 1. The van der Waals surface area contributed by atoms with Crippen LogP contribution >= 0.6 is 0 Å². The molecule has 9 rings (SSSR count). The number of aromatic hydroxyl groups is 1. The van der Waals surface area contributed by atoms with Crippen molar-refractivity contribution in [3.63, 3.8) is 0 Å². The number of aryl methyl sites for hydroxylation is 2. The number of benzene rings is 7. The lowest BCUT2D eigenvalue weighted by Crippen LogP contribution is -2.04. The fourth-order valence-electron chi connectivity index (χ4n) is 9.06. The topological polar surface area (TPSA) is 50.9 Å². The summed E-state index contributed by atoms with van der Waals surface area (Å²) in [5.41, 5.74) is 13.4. The van der Waals surface area contributed by atoms with E-state index in [1.54, 1.807) is 84.2 Å². The molecule has 4 heteroatoms. The largest absolute Gasteiger partial charge is 0.507 e. The Morgan fingerprint density at radius 1 is 0.530 bits per heavy atom. The molecule has 0 aliphatic rings. The second kappa shape index (κ2) is 18.1. The highest BCUT2D eigenvalue weighted by atomic mass is 16.3. The first-order valence-corrected chi connectivity index (χ1v) is 22.6. The molecule has 2 aromatic heterocycles. The van der Waals surface area contributed by atoms with E-state index < -0.39 is 30.4 Å². The van der Waals surface area contributed by atoms with Gasteiger partial charge in [-0.3, -0.25) is 9.55 Å². The Hall–Kier alpha value is -7.04. The van der Waals surface area contributed by atoms with Crippen molar-refractivity contribution in [3.05, 3.63) is 191 Å². The molecule has 1 N–H and O–H groups in total. The van der Waals surface area contributed by atoms with Gasteiger partial charge in [-0.15, -0.1) is 0 Å². The van der Waals surface area contributed by atoms with Crippen molar-refractivity contribution in [1.82, 2.24) is 14.5 Å². The molecule has 7 aromatic carbocycles. The van der Waals surface area contributed by atoms with Gasteiger partial charge in [0, 0.05) is 26.9 Å². The van der Waals surface area contributed by atoms with Gasteiger partial charge in [0.05, 0.1) is 28.0 Å². The number of hydrogen-bond donors (Lipinski definition) is 1. The summed E-state index contributed by atoms with van der Waals surface area (Å²) in [7, 11) is 0. The van der Waals surface area contributed by atoms with E-state index in [9.17, 15) is 14.7 Å². The lowest BCUT2D eigenvalue weighted by molar-refractivity contribution is 0.466. The number of phenols is 1. The lowest BCUT2D eigenvalue weighted by atomic mass is 9.84. The number of phenolic OH excluding ortho intramolecular Hbond substituents is 1. The molecule has 0 bridgehead atoms. The number of pyridine rings is 1. The summed E-state index contributed by atoms with van der Waals surface area (Å²) < 4.78 is 66.0. The molecule has 0 saturated carbocycles. The van der Waals surface area contributed by atoms with Crippen molar-refractivity contribution in [2.45, 2.75) is 92.7 Å². The molecule has 0 saturated heterocycles. The molecule has 9 aromatic rings. The smallest absolute Gasteiger partial charge is 0.149 e. The fourth-order valence-corrected chi connectivity index (χ4v) is 9.06. The zero-order chi connectivity index (χ0) is 52.6. The SMILES string of the molecule is [2H]C([2H])([2H])c1cc(-c2c(C([2H])(C)C)cccc2C([2H])(C)C)ccc1-n1c(-c2cc(C([2H])(C)C)cc(C([2H])(C)C)c2O)nc2c(-c3cc(-c4ccccc4)cc(-c4cc(-c5ccc(C)cc5)ccn4)c3)cccc21. The predicted octanol–water partition coefficient (Wildman–Crippen LogP) is 17.2. The Morgan fingerprint density at radius 3 is 1.86 bits per heavy atom. The van der Waals surface area contributed by atoms with Crippen LogP contribution in [0.1, 0.15) is 122 Å². The molecule has 0 unspecified atom stereocenters. The second-order valence-electron chi connectivity index (χ2n) is 18.3. The second-order valence-corrected chi connectivity index (χ2v) is 18.3. The molecule has 2 heterocycles. The van der Waals surface area contributed by atoms with Gasteiger partial charge in [0.15, 0.2) is 0 Å². The van der Waals surface area contributed by atoms with Gasteiger partial charge in [0.1, 0.15) is 11.6 Å². The van der Waals surface area contributed by atoms with Crippen LogP contribution in [-0.4, -0.2) is 19.6 Å². The van der Waals surface area contributed by atoms with Crippen LogP contribution in [0.25, 0.3) is 83.9 Å². The standard InChI is InChI=1S/C62H61N3O/c1-37(2)47-34-54(40(7)8)61(66)55(35-47)62-64-60-53(20-15-21-58(60)65(62)57-27-26-46(30-42(57)10)59-51(38(3)4)18-14-19-52(59)39(5)6)49-31-48(43-16-12-11-13-17-43)32-50(33-49)56-36-45(28-29-63-56)44-24-22-41(9)23-25-44/h11-40,66H,1-10H3/i10D3,37D,38D,39D,40D. The highest BCUT2D eigenvalue weighted by Gasteiger charge is 2.25. The average molecular weight is 871 g/mol. The summed E-state index contributed by atoms with van der Waals surface area (Å²) >= 11 is 0. The first-order chi connectivity index (χ1) is 34.2. The van der Waals surface area contributed by atoms with Gasteiger partial charge in [-0.2, -0.15) is 0 Å². The molecule has 330 valence electrons. The number of nitrogens with zero attached hydrogens (tertiary/aromatic N) is 3. The maximum Gasteiger partial charge on any atom is 0.149 e. The van der Waals surface area contributed by atoms with Gasteiger partial charge in [0.25, 0.3) is 0 Å². The van der Waals surface area contributed by atoms with Gasteiger partial charge in [-0.25, -0.2) is 4.98 Å². The van der Waals surface area contributed by atoms with Gasteiger partial charge in [0.2, 0.25) is 0 Å². The molecule has 66 heavy (non-hydrogen) atoms. The van der Waals surface area contributed by atoms with E-state index in [0.29, 0.717) is 44.4 Å². The Labute approximate surface area is 401 Å². The Balaban J connectivity index is 1.37. The summed E-state index contributed by atoms with van der Waals surface area (Å²) in [5, 5.41) is 12.4. The predicted molar refractivity (Wildman–Crippen MR) is 279 cm³/mol. The van der Waals surface area contributed by atoms with Crippen LogP contribution in [0, 0.1) is 13.8 Å². The third-order valence-corrected chi connectivity index (χ3v) is 12.6. The Morgan fingerprint density at radius 2 is 1.18 bits per heavy atom. The average Bonchev–Trinajstić information content (AvgIpc) is 3.72. The fraction of sp³-hybridized carbons (Fsp3) is 0.226. The molecule has 0 radical (unpaired) electrons. The number of imidazole rings is 1. The summed E-state index contributed by atoms with van der Waals surface area (Å²) in [6, 6.07) is 49.1. The molecule has 0 fully saturated rings.